The van der Waals surface area contributed by atoms with Gasteiger partial charge in [-0.25, -0.2) is 0 Å². The zero-order valence-corrected chi connectivity index (χ0v) is 12.9. The molecule has 1 amide bonds. The predicted octanol–water partition coefficient (Wildman–Crippen LogP) is 3.82. The molecule has 0 fully saturated rings. The number of nitrogens with one attached hydrogen (secondary N) is 1. The molecular formula is C16H16INO. The maximum absolute atomic E-state index is 12.1. The Kier molecular flexibility index (Phi) is 4.96. The van der Waals surface area contributed by atoms with E-state index in [1.807, 2.05) is 42.5 Å². The van der Waals surface area contributed by atoms with Crippen LogP contribution in [0.4, 0.5) is 0 Å². The van der Waals surface area contributed by atoms with Crippen LogP contribution >= 0.6 is 22.6 Å². The molecule has 0 bridgehead atoms. The Morgan fingerprint density at radius 2 is 1.74 bits per heavy atom. The van der Waals surface area contributed by atoms with Crippen molar-refractivity contribution in [3.63, 3.8) is 0 Å². The molecule has 3 heteroatoms. The summed E-state index contributed by atoms with van der Waals surface area (Å²) in [6.07, 6.45) is 0. The van der Waals surface area contributed by atoms with Crippen molar-refractivity contribution in [3.05, 3.63) is 69.3 Å². The molecule has 2 aromatic carbocycles. The van der Waals surface area contributed by atoms with Crippen LogP contribution in [0.25, 0.3) is 0 Å². The first kappa shape index (κ1) is 14.1. The van der Waals surface area contributed by atoms with Crippen LogP contribution in [0.2, 0.25) is 0 Å². The Hall–Kier alpha value is -1.36. The molecule has 0 saturated carbocycles. The summed E-state index contributed by atoms with van der Waals surface area (Å²) in [4.78, 5) is 12.1. The standard InChI is InChI=1S/C16H16INO/c1-12(13-7-3-2-4-8-13)11-18-16(19)14-9-5-6-10-15(14)17/h2-10,12H,11H2,1H3,(H,18,19)/t12-/m1/s1. The number of benzene rings is 2. The van der Waals surface area contributed by atoms with Crippen molar-refractivity contribution in [2.24, 2.45) is 0 Å². The van der Waals surface area contributed by atoms with E-state index in [2.05, 4.69) is 47.0 Å². The lowest BCUT2D eigenvalue weighted by Gasteiger charge is -2.13. The van der Waals surface area contributed by atoms with Gasteiger partial charge in [-0.1, -0.05) is 49.4 Å². The van der Waals surface area contributed by atoms with E-state index < -0.39 is 0 Å². The van der Waals surface area contributed by atoms with Gasteiger partial charge < -0.3 is 5.32 Å². The zero-order chi connectivity index (χ0) is 13.7. The zero-order valence-electron chi connectivity index (χ0n) is 10.8. The van der Waals surface area contributed by atoms with E-state index in [1.54, 1.807) is 0 Å². The molecule has 1 atom stereocenters. The molecule has 0 aliphatic heterocycles. The first-order valence-electron chi connectivity index (χ1n) is 6.26. The average Bonchev–Trinajstić information content (AvgIpc) is 2.46. The van der Waals surface area contributed by atoms with Gasteiger partial charge in [0.1, 0.15) is 0 Å². The molecule has 2 rings (SSSR count). The summed E-state index contributed by atoms with van der Waals surface area (Å²) in [6.45, 7) is 2.76. The fraction of sp³-hybridized carbons (Fsp3) is 0.188. The molecule has 19 heavy (non-hydrogen) atoms. The normalized spacial score (nSPS) is 11.9. The highest BCUT2D eigenvalue weighted by atomic mass is 127. The fourth-order valence-corrected chi connectivity index (χ4v) is 2.52. The van der Waals surface area contributed by atoms with E-state index in [0.717, 1.165) is 9.13 Å². The molecule has 0 aromatic heterocycles. The van der Waals surface area contributed by atoms with E-state index in [0.29, 0.717) is 12.5 Å². The minimum Gasteiger partial charge on any atom is -0.351 e. The number of carbonyl (C=O) groups is 1. The van der Waals surface area contributed by atoms with Crippen molar-refractivity contribution in [1.82, 2.24) is 5.32 Å². The third kappa shape index (κ3) is 3.80. The number of carbonyl (C=O) groups excluding carboxylic acids is 1. The van der Waals surface area contributed by atoms with E-state index in [-0.39, 0.29) is 5.91 Å². The van der Waals surface area contributed by atoms with Gasteiger partial charge in [0.2, 0.25) is 0 Å². The molecule has 2 aromatic rings. The smallest absolute Gasteiger partial charge is 0.252 e. The van der Waals surface area contributed by atoms with E-state index in [4.69, 9.17) is 0 Å². The summed E-state index contributed by atoms with van der Waals surface area (Å²) in [5.74, 6) is 0.305. The summed E-state index contributed by atoms with van der Waals surface area (Å²) in [7, 11) is 0. The Balaban J connectivity index is 1.96. The number of hydrogen-bond donors (Lipinski definition) is 1. The van der Waals surface area contributed by atoms with Crippen LogP contribution in [0.1, 0.15) is 28.8 Å². The molecule has 0 radical (unpaired) electrons. The highest BCUT2D eigenvalue weighted by Crippen LogP contribution is 2.14. The highest BCUT2D eigenvalue weighted by molar-refractivity contribution is 14.1. The van der Waals surface area contributed by atoms with Crippen LogP contribution in [0.5, 0.6) is 0 Å². The molecule has 1 N–H and O–H groups in total. The molecule has 0 heterocycles. The van der Waals surface area contributed by atoms with Gasteiger partial charge in [-0.2, -0.15) is 0 Å². The highest BCUT2D eigenvalue weighted by Gasteiger charge is 2.11. The van der Waals surface area contributed by atoms with Gasteiger partial charge in [-0.05, 0) is 46.2 Å². The van der Waals surface area contributed by atoms with Crippen molar-refractivity contribution in [1.29, 1.82) is 0 Å². The Morgan fingerprint density at radius 1 is 1.11 bits per heavy atom. The second-order valence-corrected chi connectivity index (χ2v) is 5.66. The van der Waals surface area contributed by atoms with Gasteiger partial charge in [0.25, 0.3) is 5.91 Å². The summed E-state index contributed by atoms with van der Waals surface area (Å²) in [5, 5.41) is 2.99. The summed E-state index contributed by atoms with van der Waals surface area (Å²) in [6, 6.07) is 17.8. The number of amides is 1. The Bertz CT molecular complexity index is 554. The van der Waals surface area contributed by atoms with Crippen LogP contribution in [0, 0.1) is 3.57 Å². The van der Waals surface area contributed by atoms with Gasteiger partial charge in [0.05, 0.1) is 5.56 Å². The van der Waals surface area contributed by atoms with Gasteiger partial charge in [0, 0.05) is 10.1 Å². The minimum absolute atomic E-state index is 0.00668. The molecular weight excluding hydrogens is 349 g/mol. The van der Waals surface area contributed by atoms with Gasteiger partial charge in [0.15, 0.2) is 0 Å². The lowest BCUT2D eigenvalue weighted by Crippen LogP contribution is -2.28. The van der Waals surface area contributed by atoms with Crippen molar-refractivity contribution in [2.45, 2.75) is 12.8 Å². The quantitative estimate of drug-likeness (QED) is 0.820. The maximum Gasteiger partial charge on any atom is 0.252 e. The van der Waals surface area contributed by atoms with Crippen LogP contribution in [0.3, 0.4) is 0 Å². The monoisotopic (exact) mass is 365 g/mol. The predicted molar refractivity (Wildman–Crippen MR) is 86.3 cm³/mol. The van der Waals surface area contributed by atoms with Crippen LogP contribution in [0.15, 0.2) is 54.6 Å². The second kappa shape index (κ2) is 6.70. The van der Waals surface area contributed by atoms with Crippen molar-refractivity contribution in [3.8, 4) is 0 Å². The van der Waals surface area contributed by atoms with Gasteiger partial charge in [-0.3, -0.25) is 4.79 Å². The SMILES string of the molecule is C[C@H](CNC(=O)c1ccccc1I)c1ccccc1. The second-order valence-electron chi connectivity index (χ2n) is 4.50. The number of hydrogen-bond acceptors (Lipinski definition) is 1. The van der Waals surface area contributed by atoms with Crippen LogP contribution < -0.4 is 5.32 Å². The third-order valence-corrected chi connectivity index (χ3v) is 4.00. The van der Waals surface area contributed by atoms with E-state index in [1.165, 1.54) is 5.56 Å². The van der Waals surface area contributed by atoms with Crippen LogP contribution in [-0.2, 0) is 0 Å². The largest absolute Gasteiger partial charge is 0.351 e. The number of rotatable bonds is 4. The first-order valence-corrected chi connectivity index (χ1v) is 7.34. The lowest BCUT2D eigenvalue weighted by molar-refractivity contribution is 0.0951. The molecule has 0 aliphatic carbocycles. The topological polar surface area (TPSA) is 29.1 Å². The van der Waals surface area contributed by atoms with Gasteiger partial charge in [-0.15, -0.1) is 0 Å². The van der Waals surface area contributed by atoms with Crippen molar-refractivity contribution in [2.75, 3.05) is 6.54 Å². The summed E-state index contributed by atoms with van der Waals surface area (Å²) < 4.78 is 0.977. The van der Waals surface area contributed by atoms with Gasteiger partial charge >= 0.3 is 0 Å². The third-order valence-electron chi connectivity index (χ3n) is 3.06. The van der Waals surface area contributed by atoms with Crippen LogP contribution in [-0.4, -0.2) is 12.5 Å². The van der Waals surface area contributed by atoms with E-state index in [9.17, 15) is 4.79 Å². The number of halogens is 1. The first-order chi connectivity index (χ1) is 9.18. The average molecular weight is 365 g/mol. The maximum atomic E-state index is 12.1. The fourth-order valence-electron chi connectivity index (χ4n) is 1.89. The molecule has 0 unspecified atom stereocenters. The van der Waals surface area contributed by atoms with E-state index >= 15 is 0 Å². The molecule has 98 valence electrons. The molecule has 0 saturated heterocycles. The Morgan fingerprint density at radius 3 is 2.42 bits per heavy atom. The molecule has 0 spiro atoms. The summed E-state index contributed by atoms with van der Waals surface area (Å²) >= 11 is 2.18. The minimum atomic E-state index is -0.00668. The lowest BCUT2D eigenvalue weighted by atomic mass is 10.0. The van der Waals surface area contributed by atoms with Crippen molar-refractivity contribution >= 4 is 28.5 Å². The van der Waals surface area contributed by atoms with Crippen molar-refractivity contribution < 1.29 is 4.79 Å². The molecule has 2 nitrogen and oxygen atoms in total. The molecule has 0 aliphatic rings. The summed E-state index contributed by atoms with van der Waals surface area (Å²) in [5.41, 5.74) is 1.98. The Labute approximate surface area is 127 Å².